The summed E-state index contributed by atoms with van der Waals surface area (Å²) in [5.41, 5.74) is 0.750. The fourth-order valence-electron chi connectivity index (χ4n) is 1.99. The standard InChI is InChI=1S/C18H21O3/c1-18(2,3)16-13-15(9-10-17(16)19)21-12-11-20-14-7-5-4-6-8-14/h5-10,13,19H,11-12H2,1-3H3. The zero-order valence-corrected chi connectivity index (χ0v) is 12.7. The smallest absolute Gasteiger partial charge is 0.122 e. The van der Waals surface area contributed by atoms with Crippen molar-refractivity contribution < 1.29 is 14.6 Å². The highest BCUT2D eigenvalue weighted by atomic mass is 16.5. The van der Waals surface area contributed by atoms with E-state index >= 15 is 0 Å². The molecule has 0 saturated carbocycles. The summed E-state index contributed by atoms with van der Waals surface area (Å²) in [5.74, 6) is 1.84. The van der Waals surface area contributed by atoms with Gasteiger partial charge in [-0.25, -0.2) is 0 Å². The first kappa shape index (κ1) is 15.2. The molecule has 0 aliphatic carbocycles. The van der Waals surface area contributed by atoms with Gasteiger partial charge in [-0.05, 0) is 41.8 Å². The van der Waals surface area contributed by atoms with Gasteiger partial charge in [0, 0.05) is 5.56 Å². The Labute approximate surface area is 126 Å². The van der Waals surface area contributed by atoms with Crippen molar-refractivity contribution in [2.45, 2.75) is 26.2 Å². The van der Waals surface area contributed by atoms with Gasteiger partial charge in [0.1, 0.15) is 30.5 Å². The van der Waals surface area contributed by atoms with E-state index < -0.39 is 0 Å². The van der Waals surface area contributed by atoms with Crippen molar-refractivity contribution >= 4 is 0 Å². The fourth-order valence-corrected chi connectivity index (χ4v) is 1.99. The number of rotatable bonds is 5. The summed E-state index contributed by atoms with van der Waals surface area (Å²) in [6, 6.07) is 15.6. The maximum absolute atomic E-state index is 9.91. The largest absolute Gasteiger partial charge is 0.508 e. The monoisotopic (exact) mass is 285 g/mol. The molecule has 0 unspecified atom stereocenters. The van der Waals surface area contributed by atoms with Gasteiger partial charge in [0.15, 0.2) is 0 Å². The summed E-state index contributed by atoms with van der Waals surface area (Å²) in [6.45, 7) is 7.09. The molecule has 2 aromatic rings. The molecule has 0 fully saturated rings. The molecule has 1 radical (unpaired) electrons. The van der Waals surface area contributed by atoms with Crippen molar-refractivity contribution in [2.75, 3.05) is 13.2 Å². The van der Waals surface area contributed by atoms with E-state index in [-0.39, 0.29) is 5.41 Å². The van der Waals surface area contributed by atoms with Crippen LogP contribution in [0.4, 0.5) is 0 Å². The minimum atomic E-state index is -0.125. The van der Waals surface area contributed by atoms with Crippen LogP contribution in [0.3, 0.4) is 0 Å². The Bertz CT molecular complexity index is 571. The highest BCUT2D eigenvalue weighted by molar-refractivity contribution is 5.43. The predicted octanol–water partition coefficient (Wildman–Crippen LogP) is 3.95. The topological polar surface area (TPSA) is 38.7 Å². The van der Waals surface area contributed by atoms with Gasteiger partial charge < -0.3 is 14.6 Å². The minimum Gasteiger partial charge on any atom is -0.508 e. The zero-order valence-electron chi connectivity index (χ0n) is 12.7. The first-order valence-corrected chi connectivity index (χ1v) is 7.02. The summed E-state index contributed by atoms with van der Waals surface area (Å²) in [4.78, 5) is 0. The molecule has 0 saturated heterocycles. The van der Waals surface area contributed by atoms with Crippen molar-refractivity contribution in [3.63, 3.8) is 0 Å². The van der Waals surface area contributed by atoms with Gasteiger partial charge in [-0.15, -0.1) is 0 Å². The van der Waals surface area contributed by atoms with E-state index in [9.17, 15) is 5.11 Å². The molecule has 0 aromatic heterocycles. The van der Waals surface area contributed by atoms with Gasteiger partial charge in [-0.1, -0.05) is 32.9 Å². The normalized spacial score (nSPS) is 11.2. The second-order valence-electron chi connectivity index (χ2n) is 5.86. The number of aromatic hydroxyl groups is 1. The van der Waals surface area contributed by atoms with Crippen LogP contribution in [0.2, 0.25) is 0 Å². The molecule has 2 aromatic carbocycles. The molecule has 0 heterocycles. The SMILES string of the molecule is CC(C)(C)c1cc(OCCOc2cc[c]cc2)ccc1O. The lowest BCUT2D eigenvalue weighted by molar-refractivity contribution is 0.216. The molecular weight excluding hydrogens is 264 g/mol. The Morgan fingerprint density at radius 3 is 2.19 bits per heavy atom. The van der Waals surface area contributed by atoms with Crippen LogP contribution in [0.15, 0.2) is 42.5 Å². The Kier molecular flexibility index (Phi) is 4.73. The molecule has 21 heavy (non-hydrogen) atoms. The summed E-state index contributed by atoms with van der Waals surface area (Å²) in [7, 11) is 0. The lowest BCUT2D eigenvalue weighted by atomic mass is 9.86. The van der Waals surface area contributed by atoms with Crippen LogP contribution in [0.1, 0.15) is 26.3 Å². The van der Waals surface area contributed by atoms with Crippen LogP contribution in [-0.2, 0) is 5.41 Å². The van der Waals surface area contributed by atoms with Gasteiger partial charge in [-0.2, -0.15) is 0 Å². The second kappa shape index (κ2) is 6.53. The molecule has 0 spiro atoms. The molecular formula is C18H21O3. The number of ether oxygens (including phenoxy) is 2. The Balaban J connectivity index is 1.89. The summed E-state index contributed by atoms with van der Waals surface area (Å²) >= 11 is 0. The van der Waals surface area contributed by atoms with Crippen LogP contribution in [-0.4, -0.2) is 18.3 Å². The average Bonchev–Trinajstić information content (AvgIpc) is 2.45. The zero-order chi connectivity index (χ0) is 15.3. The fraction of sp³-hybridized carbons (Fsp3) is 0.333. The summed E-state index contributed by atoms with van der Waals surface area (Å²) in [5, 5.41) is 9.91. The third-order valence-corrected chi connectivity index (χ3v) is 3.08. The van der Waals surface area contributed by atoms with Crippen molar-refractivity contribution in [3.8, 4) is 17.2 Å². The number of benzene rings is 2. The number of phenolic OH excluding ortho intramolecular Hbond substituents is 1. The molecule has 0 bridgehead atoms. The lowest BCUT2D eigenvalue weighted by Crippen LogP contribution is -2.13. The summed E-state index contributed by atoms with van der Waals surface area (Å²) in [6.07, 6.45) is 0. The van der Waals surface area contributed by atoms with Crippen LogP contribution < -0.4 is 9.47 Å². The quantitative estimate of drug-likeness (QED) is 0.845. The Morgan fingerprint density at radius 2 is 1.57 bits per heavy atom. The van der Waals surface area contributed by atoms with E-state index in [2.05, 4.69) is 26.8 Å². The van der Waals surface area contributed by atoms with E-state index in [0.717, 1.165) is 17.1 Å². The highest BCUT2D eigenvalue weighted by Crippen LogP contribution is 2.33. The Morgan fingerprint density at radius 1 is 0.952 bits per heavy atom. The molecule has 3 heteroatoms. The summed E-state index contributed by atoms with van der Waals surface area (Å²) < 4.78 is 11.2. The van der Waals surface area contributed by atoms with Gasteiger partial charge in [-0.3, -0.25) is 0 Å². The predicted molar refractivity (Wildman–Crippen MR) is 83.1 cm³/mol. The van der Waals surface area contributed by atoms with Crippen LogP contribution in [0.25, 0.3) is 0 Å². The molecule has 111 valence electrons. The molecule has 0 aliphatic rings. The van der Waals surface area contributed by atoms with Crippen LogP contribution in [0, 0.1) is 6.07 Å². The van der Waals surface area contributed by atoms with E-state index in [4.69, 9.17) is 9.47 Å². The van der Waals surface area contributed by atoms with Crippen molar-refractivity contribution in [2.24, 2.45) is 0 Å². The molecule has 3 nitrogen and oxygen atoms in total. The molecule has 1 N–H and O–H groups in total. The van der Waals surface area contributed by atoms with Crippen molar-refractivity contribution in [3.05, 3.63) is 54.1 Å². The molecule has 2 rings (SSSR count). The van der Waals surface area contributed by atoms with E-state index in [1.807, 2.05) is 30.3 Å². The van der Waals surface area contributed by atoms with Crippen LogP contribution >= 0.6 is 0 Å². The van der Waals surface area contributed by atoms with Crippen LogP contribution in [0.5, 0.6) is 17.2 Å². The lowest BCUT2D eigenvalue weighted by Gasteiger charge is -2.21. The first-order valence-electron chi connectivity index (χ1n) is 7.02. The third-order valence-electron chi connectivity index (χ3n) is 3.08. The maximum atomic E-state index is 9.91. The number of phenols is 1. The van der Waals surface area contributed by atoms with Gasteiger partial charge in [0.2, 0.25) is 0 Å². The van der Waals surface area contributed by atoms with Gasteiger partial charge >= 0.3 is 0 Å². The first-order chi connectivity index (χ1) is 9.97. The minimum absolute atomic E-state index is 0.125. The van der Waals surface area contributed by atoms with E-state index in [0.29, 0.717) is 19.0 Å². The third kappa shape index (κ3) is 4.42. The molecule has 0 atom stereocenters. The number of hydrogen-bond donors (Lipinski definition) is 1. The van der Waals surface area contributed by atoms with Crippen molar-refractivity contribution in [1.82, 2.24) is 0 Å². The molecule has 0 aliphatic heterocycles. The maximum Gasteiger partial charge on any atom is 0.122 e. The highest BCUT2D eigenvalue weighted by Gasteiger charge is 2.18. The second-order valence-corrected chi connectivity index (χ2v) is 5.86. The number of hydrogen-bond acceptors (Lipinski definition) is 3. The van der Waals surface area contributed by atoms with Gasteiger partial charge in [0.05, 0.1) is 0 Å². The van der Waals surface area contributed by atoms with E-state index in [1.165, 1.54) is 0 Å². The van der Waals surface area contributed by atoms with Gasteiger partial charge in [0.25, 0.3) is 0 Å². The Hall–Kier alpha value is -2.16. The average molecular weight is 285 g/mol. The van der Waals surface area contributed by atoms with Crippen molar-refractivity contribution in [1.29, 1.82) is 0 Å². The molecule has 0 amide bonds. The van der Waals surface area contributed by atoms with E-state index in [1.54, 1.807) is 12.1 Å².